The molecular weight excluding hydrogens is 206 g/mol. The number of hydrogen-bond donors (Lipinski definition) is 0. The lowest BCUT2D eigenvalue weighted by Gasteiger charge is -2.02. The Labute approximate surface area is 92.9 Å². The van der Waals surface area contributed by atoms with Gasteiger partial charge in [-0.15, -0.1) is 0 Å². The van der Waals surface area contributed by atoms with Gasteiger partial charge in [0, 0.05) is 5.56 Å². The normalized spacial score (nSPS) is 10.1. The van der Waals surface area contributed by atoms with Crippen LogP contribution < -0.4 is 0 Å². The van der Waals surface area contributed by atoms with E-state index < -0.39 is 0 Å². The topological polar surface area (TPSA) is 52.3 Å². The van der Waals surface area contributed by atoms with Gasteiger partial charge in [-0.25, -0.2) is 9.78 Å². The molecule has 1 aromatic heterocycles. The second-order valence-corrected chi connectivity index (χ2v) is 3.17. The van der Waals surface area contributed by atoms with Crippen LogP contribution in [0.1, 0.15) is 17.3 Å². The fourth-order valence-electron chi connectivity index (χ4n) is 1.38. The maximum atomic E-state index is 11.5. The fraction of sp³-hybridized carbons (Fsp3) is 0.167. The largest absolute Gasteiger partial charge is 0.462 e. The van der Waals surface area contributed by atoms with Gasteiger partial charge < -0.3 is 9.15 Å². The average molecular weight is 217 g/mol. The first-order valence-electron chi connectivity index (χ1n) is 4.97. The molecule has 82 valence electrons. The van der Waals surface area contributed by atoms with E-state index in [-0.39, 0.29) is 5.97 Å². The minimum absolute atomic E-state index is 0.326. The van der Waals surface area contributed by atoms with Gasteiger partial charge in [-0.2, -0.15) is 0 Å². The van der Waals surface area contributed by atoms with E-state index in [1.165, 1.54) is 12.7 Å². The third-order valence-electron chi connectivity index (χ3n) is 2.10. The average Bonchev–Trinajstić information content (AvgIpc) is 2.83. The fourth-order valence-corrected chi connectivity index (χ4v) is 1.38. The molecule has 0 radical (unpaired) electrons. The maximum absolute atomic E-state index is 11.5. The summed E-state index contributed by atoms with van der Waals surface area (Å²) in [6, 6.07) is 7.09. The Kier molecular flexibility index (Phi) is 3.00. The molecule has 16 heavy (non-hydrogen) atoms. The van der Waals surface area contributed by atoms with Gasteiger partial charge in [-0.1, -0.05) is 12.1 Å². The second-order valence-electron chi connectivity index (χ2n) is 3.17. The Hall–Kier alpha value is -2.10. The summed E-state index contributed by atoms with van der Waals surface area (Å²) in [5.74, 6) is -0.326. The molecule has 0 fully saturated rings. The molecule has 4 nitrogen and oxygen atoms in total. The van der Waals surface area contributed by atoms with E-state index in [9.17, 15) is 4.79 Å². The number of aromatic nitrogens is 1. The smallest absolute Gasteiger partial charge is 0.338 e. The van der Waals surface area contributed by atoms with Crippen LogP contribution in [0.3, 0.4) is 0 Å². The van der Waals surface area contributed by atoms with Crippen molar-refractivity contribution in [2.24, 2.45) is 0 Å². The number of esters is 1. The van der Waals surface area contributed by atoms with Crippen molar-refractivity contribution >= 4 is 5.97 Å². The molecular formula is C12H11NO3. The highest BCUT2D eigenvalue weighted by atomic mass is 16.5. The van der Waals surface area contributed by atoms with Gasteiger partial charge in [0.15, 0.2) is 6.39 Å². The number of carbonyl (C=O) groups excluding carboxylic acids is 1. The van der Waals surface area contributed by atoms with Crippen LogP contribution in [0.2, 0.25) is 0 Å². The summed E-state index contributed by atoms with van der Waals surface area (Å²) in [5.41, 5.74) is 2.05. The molecule has 0 aliphatic rings. The molecule has 0 atom stereocenters. The standard InChI is InChI=1S/C12H11NO3/c1-2-16-12(14)10-5-3-4-9(6-10)11-7-15-8-13-11/h3-8H,2H2,1H3. The van der Waals surface area contributed by atoms with Crippen molar-refractivity contribution in [1.82, 2.24) is 4.98 Å². The summed E-state index contributed by atoms with van der Waals surface area (Å²) in [7, 11) is 0. The lowest BCUT2D eigenvalue weighted by atomic mass is 10.1. The Morgan fingerprint density at radius 3 is 3.06 bits per heavy atom. The lowest BCUT2D eigenvalue weighted by molar-refractivity contribution is 0.0526. The lowest BCUT2D eigenvalue weighted by Crippen LogP contribution is -2.04. The van der Waals surface area contributed by atoms with E-state index in [2.05, 4.69) is 4.98 Å². The van der Waals surface area contributed by atoms with Gasteiger partial charge in [0.25, 0.3) is 0 Å². The van der Waals surface area contributed by atoms with Crippen LogP contribution >= 0.6 is 0 Å². The monoisotopic (exact) mass is 217 g/mol. The zero-order valence-corrected chi connectivity index (χ0v) is 8.84. The highest BCUT2D eigenvalue weighted by Gasteiger charge is 2.08. The molecule has 2 aromatic rings. The minimum atomic E-state index is -0.326. The van der Waals surface area contributed by atoms with Crippen molar-refractivity contribution in [3.63, 3.8) is 0 Å². The predicted octanol–water partition coefficient (Wildman–Crippen LogP) is 2.52. The number of ether oxygens (including phenoxy) is 1. The van der Waals surface area contributed by atoms with Gasteiger partial charge in [0.1, 0.15) is 12.0 Å². The second kappa shape index (κ2) is 4.61. The molecule has 2 rings (SSSR count). The van der Waals surface area contributed by atoms with E-state index in [1.54, 1.807) is 25.1 Å². The Morgan fingerprint density at radius 1 is 1.50 bits per heavy atom. The Morgan fingerprint density at radius 2 is 2.38 bits per heavy atom. The highest BCUT2D eigenvalue weighted by Crippen LogP contribution is 2.18. The number of hydrogen-bond acceptors (Lipinski definition) is 4. The van der Waals surface area contributed by atoms with Crippen LogP contribution in [0, 0.1) is 0 Å². The summed E-state index contributed by atoms with van der Waals surface area (Å²) in [6.45, 7) is 2.15. The van der Waals surface area contributed by atoms with E-state index in [1.807, 2.05) is 6.07 Å². The first-order chi connectivity index (χ1) is 7.81. The molecule has 1 heterocycles. The highest BCUT2D eigenvalue weighted by molar-refractivity contribution is 5.90. The van der Waals surface area contributed by atoms with E-state index in [4.69, 9.17) is 9.15 Å². The molecule has 0 saturated heterocycles. The van der Waals surface area contributed by atoms with Crippen molar-refractivity contribution < 1.29 is 13.9 Å². The van der Waals surface area contributed by atoms with Crippen molar-refractivity contribution in [2.75, 3.05) is 6.61 Å². The van der Waals surface area contributed by atoms with Gasteiger partial charge in [-0.3, -0.25) is 0 Å². The molecule has 0 bridgehead atoms. The molecule has 0 aliphatic heterocycles. The molecule has 0 spiro atoms. The van der Waals surface area contributed by atoms with Crippen molar-refractivity contribution in [1.29, 1.82) is 0 Å². The number of nitrogens with zero attached hydrogens (tertiary/aromatic N) is 1. The summed E-state index contributed by atoms with van der Waals surface area (Å²) in [4.78, 5) is 15.5. The number of carbonyl (C=O) groups is 1. The van der Waals surface area contributed by atoms with Crippen molar-refractivity contribution in [3.8, 4) is 11.3 Å². The molecule has 0 amide bonds. The zero-order chi connectivity index (χ0) is 11.4. The third kappa shape index (κ3) is 2.11. The first kappa shape index (κ1) is 10.4. The zero-order valence-electron chi connectivity index (χ0n) is 8.84. The van der Waals surface area contributed by atoms with E-state index >= 15 is 0 Å². The maximum Gasteiger partial charge on any atom is 0.338 e. The van der Waals surface area contributed by atoms with Crippen LogP contribution in [-0.2, 0) is 4.74 Å². The van der Waals surface area contributed by atoms with Gasteiger partial charge in [0.2, 0.25) is 0 Å². The third-order valence-corrected chi connectivity index (χ3v) is 2.10. The number of benzene rings is 1. The van der Waals surface area contributed by atoms with Gasteiger partial charge in [0.05, 0.1) is 12.2 Å². The van der Waals surface area contributed by atoms with Gasteiger partial charge >= 0.3 is 5.97 Å². The predicted molar refractivity (Wildman–Crippen MR) is 57.9 cm³/mol. The summed E-state index contributed by atoms with van der Waals surface area (Å²) in [6.07, 6.45) is 2.89. The molecule has 0 unspecified atom stereocenters. The first-order valence-corrected chi connectivity index (χ1v) is 4.97. The van der Waals surface area contributed by atoms with Crippen LogP contribution in [0.25, 0.3) is 11.3 Å². The summed E-state index contributed by atoms with van der Waals surface area (Å²) in [5, 5.41) is 0. The van der Waals surface area contributed by atoms with Crippen LogP contribution in [0.15, 0.2) is 41.3 Å². The van der Waals surface area contributed by atoms with Gasteiger partial charge in [-0.05, 0) is 19.1 Å². The molecule has 0 aliphatic carbocycles. The summed E-state index contributed by atoms with van der Waals surface area (Å²) < 4.78 is 9.81. The SMILES string of the molecule is CCOC(=O)c1cccc(-c2cocn2)c1. The molecule has 0 N–H and O–H groups in total. The van der Waals surface area contributed by atoms with Crippen LogP contribution in [0.4, 0.5) is 0 Å². The number of rotatable bonds is 3. The Bertz CT molecular complexity index is 477. The quantitative estimate of drug-likeness (QED) is 0.741. The molecule has 1 aromatic carbocycles. The Balaban J connectivity index is 2.30. The van der Waals surface area contributed by atoms with E-state index in [0.717, 1.165) is 5.56 Å². The van der Waals surface area contributed by atoms with Crippen LogP contribution in [-0.4, -0.2) is 17.6 Å². The molecule has 4 heteroatoms. The number of oxazole rings is 1. The van der Waals surface area contributed by atoms with Crippen molar-refractivity contribution in [3.05, 3.63) is 42.5 Å². The van der Waals surface area contributed by atoms with Crippen molar-refractivity contribution in [2.45, 2.75) is 6.92 Å². The summed E-state index contributed by atoms with van der Waals surface area (Å²) >= 11 is 0. The van der Waals surface area contributed by atoms with E-state index in [0.29, 0.717) is 17.9 Å². The molecule has 0 saturated carbocycles. The van der Waals surface area contributed by atoms with Crippen LogP contribution in [0.5, 0.6) is 0 Å². The minimum Gasteiger partial charge on any atom is -0.462 e.